The second-order valence-electron chi connectivity index (χ2n) is 9.12. The molecular weight excluding hydrogens is 466 g/mol. The molecule has 0 radical (unpaired) electrons. The van der Waals surface area contributed by atoms with Crippen molar-refractivity contribution in [3.8, 4) is 6.07 Å². The van der Waals surface area contributed by atoms with Gasteiger partial charge in [0.15, 0.2) is 0 Å². The minimum absolute atomic E-state index is 0.0120. The Bertz CT molecular complexity index is 1230. The lowest BCUT2D eigenvalue weighted by molar-refractivity contribution is -0.138. The average molecular weight is 498 g/mol. The molecule has 2 heterocycles. The highest BCUT2D eigenvalue weighted by atomic mass is 35.5. The second-order valence-corrected chi connectivity index (χ2v) is 9.55. The van der Waals surface area contributed by atoms with E-state index in [-0.39, 0.29) is 12.3 Å². The maximum absolute atomic E-state index is 11.2. The predicted molar refractivity (Wildman–Crippen MR) is 135 cm³/mol. The van der Waals surface area contributed by atoms with Crippen LogP contribution >= 0.6 is 11.6 Å². The quantitative estimate of drug-likeness (QED) is 0.321. The Kier molecular flexibility index (Phi) is 9.27. The maximum atomic E-state index is 11.2. The van der Waals surface area contributed by atoms with Crippen molar-refractivity contribution < 1.29 is 19.7 Å². The lowest BCUT2D eigenvalue weighted by Crippen LogP contribution is -2.11. The number of carboxylic acids is 1. The number of rotatable bonds is 12. The predicted octanol–water partition coefficient (Wildman–Crippen LogP) is 5.48. The van der Waals surface area contributed by atoms with Crippen LogP contribution in [0.15, 0.2) is 30.3 Å². The van der Waals surface area contributed by atoms with Crippen molar-refractivity contribution in [3.63, 3.8) is 0 Å². The first-order valence-electron chi connectivity index (χ1n) is 11.8. The molecule has 0 spiro atoms. The van der Waals surface area contributed by atoms with Crippen LogP contribution in [0.1, 0.15) is 66.8 Å². The van der Waals surface area contributed by atoms with Gasteiger partial charge in [-0.1, -0.05) is 30.7 Å². The molecule has 0 amide bonds. The van der Waals surface area contributed by atoms with E-state index in [1.165, 1.54) is 0 Å². The summed E-state index contributed by atoms with van der Waals surface area (Å²) in [7, 11) is 1.92. The van der Waals surface area contributed by atoms with Gasteiger partial charge in [0.1, 0.15) is 11.7 Å². The van der Waals surface area contributed by atoms with E-state index in [0.29, 0.717) is 48.0 Å². The number of aliphatic carboxylic acids is 1. The van der Waals surface area contributed by atoms with Crippen LogP contribution in [-0.2, 0) is 29.6 Å². The standard InChI is InChI=1S/C27H32ClN3O4/c1-17(12-25(33)34)11-24(32)26-22-14-20(15-29)18(2)30-27(22)31(3)23(26)9-4-5-10-35-16-19-7-6-8-21(28)13-19/h6-8,13-14,17,24,32H,4-5,9-12,16H2,1-3H3,(H,33,34). The molecule has 7 nitrogen and oxygen atoms in total. The summed E-state index contributed by atoms with van der Waals surface area (Å²) in [5.41, 5.74) is 4.55. The van der Waals surface area contributed by atoms with Crippen molar-refractivity contribution in [3.05, 3.63) is 63.4 Å². The summed E-state index contributed by atoms with van der Waals surface area (Å²) >= 11 is 6.02. The van der Waals surface area contributed by atoms with Crippen molar-refractivity contribution in [2.75, 3.05) is 6.61 Å². The molecule has 3 aromatic rings. The van der Waals surface area contributed by atoms with Gasteiger partial charge in [-0.25, -0.2) is 4.98 Å². The number of hydrogen-bond acceptors (Lipinski definition) is 5. The van der Waals surface area contributed by atoms with Gasteiger partial charge in [0.25, 0.3) is 0 Å². The molecule has 2 atom stereocenters. The van der Waals surface area contributed by atoms with Gasteiger partial charge in [0, 0.05) is 41.7 Å². The summed E-state index contributed by atoms with van der Waals surface area (Å²) in [6.07, 6.45) is 1.84. The highest BCUT2D eigenvalue weighted by Crippen LogP contribution is 2.35. The number of nitrogens with zero attached hydrogens (tertiary/aromatic N) is 3. The first-order valence-corrected chi connectivity index (χ1v) is 12.2. The van der Waals surface area contributed by atoms with Gasteiger partial charge in [0.2, 0.25) is 0 Å². The number of ether oxygens (including phenoxy) is 1. The fourth-order valence-electron chi connectivity index (χ4n) is 4.49. The van der Waals surface area contributed by atoms with Crippen molar-refractivity contribution in [1.29, 1.82) is 5.26 Å². The van der Waals surface area contributed by atoms with E-state index in [2.05, 4.69) is 11.1 Å². The van der Waals surface area contributed by atoms with E-state index in [0.717, 1.165) is 35.0 Å². The van der Waals surface area contributed by atoms with Gasteiger partial charge in [-0.2, -0.15) is 5.26 Å². The molecule has 186 valence electrons. The molecule has 0 aliphatic rings. The molecule has 2 aromatic heterocycles. The summed E-state index contributed by atoms with van der Waals surface area (Å²) in [6.45, 7) is 4.72. The maximum Gasteiger partial charge on any atom is 0.303 e. The molecule has 0 aliphatic carbocycles. The number of benzene rings is 1. The lowest BCUT2D eigenvalue weighted by atomic mass is 9.93. The first kappa shape index (κ1) is 26.7. The third-order valence-electron chi connectivity index (χ3n) is 6.23. The second kappa shape index (κ2) is 12.2. The molecule has 0 fully saturated rings. The van der Waals surface area contributed by atoms with Crippen molar-refractivity contribution in [2.24, 2.45) is 13.0 Å². The van der Waals surface area contributed by atoms with Crippen LogP contribution in [-0.4, -0.2) is 32.3 Å². The number of unbranched alkanes of at least 4 members (excludes halogenated alkanes) is 1. The Hall–Kier alpha value is -2.92. The number of nitriles is 1. The lowest BCUT2D eigenvalue weighted by Gasteiger charge is -2.17. The van der Waals surface area contributed by atoms with Gasteiger partial charge >= 0.3 is 5.97 Å². The molecular formula is C27H32ClN3O4. The van der Waals surface area contributed by atoms with Crippen LogP contribution in [0.5, 0.6) is 0 Å². The van der Waals surface area contributed by atoms with Crippen molar-refractivity contribution in [2.45, 2.75) is 58.7 Å². The number of halogens is 1. The van der Waals surface area contributed by atoms with Crippen molar-refractivity contribution in [1.82, 2.24) is 9.55 Å². The largest absolute Gasteiger partial charge is 0.481 e. The highest BCUT2D eigenvalue weighted by Gasteiger charge is 2.25. The smallest absolute Gasteiger partial charge is 0.303 e. The molecule has 0 aliphatic heterocycles. The third-order valence-corrected chi connectivity index (χ3v) is 6.46. The Labute approximate surface area is 210 Å². The van der Waals surface area contributed by atoms with Crippen molar-refractivity contribution >= 4 is 28.6 Å². The monoisotopic (exact) mass is 497 g/mol. The number of carboxylic acid groups (broad SMARTS) is 1. The number of aryl methyl sites for hydroxylation is 2. The molecule has 0 saturated heterocycles. The Morgan fingerprint density at radius 2 is 2.09 bits per heavy atom. The van der Waals surface area contributed by atoms with E-state index in [1.54, 1.807) is 13.0 Å². The minimum Gasteiger partial charge on any atom is -0.481 e. The Balaban J connectivity index is 1.75. The van der Waals surface area contributed by atoms with Crippen LogP contribution in [0, 0.1) is 24.2 Å². The zero-order valence-electron chi connectivity index (χ0n) is 20.4. The molecule has 8 heteroatoms. The molecule has 2 N–H and O–H groups in total. The number of pyridine rings is 1. The van der Waals surface area contributed by atoms with Crippen LogP contribution < -0.4 is 0 Å². The number of aliphatic hydroxyl groups excluding tert-OH is 1. The first-order chi connectivity index (χ1) is 16.7. The summed E-state index contributed by atoms with van der Waals surface area (Å²) in [4.78, 5) is 15.8. The topological polar surface area (TPSA) is 108 Å². The molecule has 35 heavy (non-hydrogen) atoms. The van der Waals surface area contributed by atoms with Crippen LogP contribution in [0.3, 0.4) is 0 Å². The summed E-state index contributed by atoms with van der Waals surface area (Å²) in [5, 5.41) is 31.2. The Morgan fingerprint density at radius 3 is 2.77 bits per heavy atom. The van der Waals surface area contributed by atoms with Gasteiger partial charge in [-0.05, 0) is 62.3 Å². The minimum atomic E-state index is -0.885. The van der Waals surface area contributed by atoms with E-state index in [4.69, 9.17) is 21.4 Å². The normalized spacial score (nSPS) is 13.0. The van der Waals surface area contributed by atoms with Crippen LogP contribution in [0.2, 0.25) is 5.02 Å². The number of aliphatic hydroxyl groups is 1. The molecule has 2 unspecified atom stereocenters. The molecule has 3 rings (SSSR count). The van der Waals surface area contributed by atoms with Gasteiger partial charge in [-0.15, -0.1) is 0 Å². The number of fused-ring (bicyclic) bond motifs is 1. The zero-order chi connectivity index (χ0) is 25.5. The summed E-state index contributed by atoms with van der Waals surface area (Å²) in [5.74, 6) is -1.08. The third kappa shape index (κ3) is 6.82. The highest BCUT2D eigenvalue weighted by molar-refractivity contribution is 6.30. The average Bonchev–Trinajstić information content (AvgIpc) is 3.05. The van der Waals surface area contributed by atoms with E-state index in [1.807, 2.05) is 42.8 Å². The number of carbonyl (C=O) groups is 1. The van der Waals surface area contributed by atoms with E-state index >= 15 is 0 Å². The van der Waals surface area contributed by atoms with Crippen LogP contribution in [0.4, 0.5) is 0 Å². The molecule has 0 bridgehead atoms. The number of hydrogen-bond donors (Lipinski definition) is 2. The van der Waals surface area contributed by atoms with Crippen LogP contribution in [0.25, 0.3) is 11.0 Å². The Morgan fingerprint density at radius 1 is 1.31 bits per heavy atom. The van der Waals surface area contributed by atoms with Gasteiger partial charge in [0.05, 0.1) is 24.0 Å². The van der Waals surface area contributed by atoms with Gasteiger partial charge in [-0.3, -0.25) is 4.79 Å². The van der Waals surface area contributed by atoms with Gasteiger partial charge < -0.3 is 19.5 Å². The molecule has 0 saturated carbocycles. The number of aromatic nitrogens is 2. The van der Waals surface area contributed by atoms with E-state index < -0.39 is 12.1 Å². The van der Waals surface area contributed by atoms with E-state index in [9.17, 15) is 15.2 Å². The fourth-order valence-corrected chi connectivity index (χ4v) is 4.70. The molecule has 1 aromatic carbocycles. The summed E-state index contributed by atoms with van der Waals surface area (Å²) in [6, 6.07) is 11.6. The zero-order valence-corrected chi connectivity index (χ0v) is 21.2. The SMILES string of the molecule is Cc1nc2c(cc1C#N)c(C(O)CC(C)CC(=O)O)c(CCCCOCc1cccc(Cl)c1)n2C. The summed E-state index contributed by atoms with van der Waals surface area (Å²) < 4.78 is 7.78. The fraction of sp³-hybridized carbons (Fsp3) is 0.444.